The van der Waals surface area contributed by atoms with Gasteiger partial charge in [0.2, 0.25) is 5.91 Å². The van der Waals surface area contributed by atoms with Gasteiger partial charge in [0.25, 0.3) is 11.8 Å². The van der Waals surface area contributed by atoms with E-state index in [-0.39, 0.29) is 6.54 Å². The Morgan fingerprint density at radius 2 is 1.85 bits per heavy atom. The number of imide groups is 1. The molecule has 3 amide bonds. The summed E-state index contributed by atoms with van der Waals surface area (Å²) in [6.07, 6.45) is 2.24. The van der Waals surface area contributed by atoms with Crippen molar-refractivity contribution in [1.82, 2.24) is 4.90 Å². The first-order valence-corrected chi connectivity index (χ1v) is 3.61. The van der Waals surface area contributed by atoms with E-state index in [9.17, 15) is 14.4 Å². The predicted molar refractivity (Wildman–Crippen MR) is 43.0 cm³/mol. The molecule has 4 N–H and O–H groups in total. The van der Waals surface area contributed by atoms with Crippen LogP contribution in [0.1, 0.15) is 0 Å². The summed E-state index contributed by atoms with van der Waals surface area (Å²) < 4.78 is 0. The second-order valence-corrected chi connectivity index (χ2v) is 2.63. The molecular formula is C7H9N3O3. The van der Waals surface area contributed by atoms with Gasteiger partial charge < -0.3 is 11.5 Å². The average Bonchev–Trinajstić information content (AvgIpc) is 2.35. The van der Waals surface area contributed by atoms with E-state index in [1.807, 2.05) is 0 Å². The van der Waals surface area contributed by atoms with Crippen LogP contribution in [0.5, 0.6) is 0 Å². The summed E-state index contributed by atoms with van der Waals surface area (Å²) in [6.45, 7) is -0.167. The third-order valence-corrected chi connectivity index (χ3v) is 1.65. The number of carbonyl (C=O) groups excluding carboxylic acids is 3. The average molecular weight is 183 g/mol. The molecule has 0 saturated heterocycles. The van der Waals surface area contributed by atoms with Crippen molar-refractivity contribution in [2.75, 3.05) is 6.54 Å². The van der Waals surface area contributed by atoms with Gasteiger partial charge in [-0.3, -0.25) is 19.3 Å². The lowest BCUT2D eigenvalue weighted by molar-refractivity contribution is -0.137. The fraction of sp³-hybridized carbons (Fsp3) is 0.286. The summed E-state index contributed by atoms with van der Waals surface area (Å²) in [5.41, 5.74) is 10.1. The van der Waals surface area contributed by atoms with Crippen LogP contribution >= 0.6 is 0 Å². The lowest BCUT2D eigenvalue weighted by atomic mass is 10.3. The number of rotatable bonds is 3. The molecule has 0 aliphatic carbocycles. The third-order valence-electron chi connectivity index (χ3n) is 1.65. The van der Waals surface area contributed by atoms with Crippen LogP contribution in [0.25, 0.3) is 0 Å². The Morgan fingerprint density at radius 1 is 1.38 bits per heavy atom. The van der Waals surface area contributed by atoms with E-state index in [4.69, 9.17) is 11.5 Å². The SMILES string of the molecule is NC(=O)C(N)CN1C(=O)C=CC1=O. The first kappa shape index (κ1) is 9.40. The number of nitrogens with zero attached hydrogens (tertiary/aromatic N) is 1. The van der Waals surface area contributed by atoms with E-state index >= 15 is 0 Å². The Hall–Kier alpha value is -1.69. The molecule has 1 heterocycles. The second kappa shape index (κ2) is 3.36. The topological polar surface area (TPSA) is 106 Å². The number of hydrogen-bond donors (Lipinski definition) is 2. The van der Waals surface area contributed by atoms with Crippen molar-refractivity contribution in [1.29, 1.82) is 0 Å². The van der Waals surface area contributed by atoms with Gasteiger partial charge >= 0.3 is 0 Å². The Labute approximate surface area is 74.2 Å². The number of nitrogens with two attached hydrogens (primary N) is 2. The highest BCUT2D eigenvalue weighted by Crippen LogP contribution is 2.03. The predicted octanol–water partition coefficient (Wildman–Crippen LogP) is -2.28. The van der Waals surface area contributed by atoms with Gasteiger partial charge in [-0.25, -0.2) is 0 Å². The van der Waals surface area contributed by atoms with Gasteiger partial charge in [-0.1, -0.05) is 0 Å². The van der Waals surface area contributed by atoms with Crippen LogP contribution in [0.3, 0.4) is 0 Å². The largest absolute Gasteiger partial charge is 0.368 e. The van der Waals surface area contributed by atoms with Crippen molar-refractivity contribution >= 4 is 17.7 Å². The number of carbonyl (C=O) groups is 3. The summed E-state index contributed by atoms with van der Waals surface area (Å²) in [5, 5.41) is 0. The van der Waals surface area contributed by atoms with Crippen molar-refractivity contribution in [3.8, 4) is 0 Å². The van der Waals surface area contributed by atoms with Gasteiger partial charge in [-0.05, 0) is 0 Å². The molecule has 1 atom stereocenters. The molecule has 13 heavy (non-hydrogen) atoms. The lowest BCUT2D eigenvalue weighted by Crippen LogP contribution is -2.47. The van der Waals surface area contributed by atoms with Crippen LogP contribution in [0.2, 0.25) is 0 Å². The standard InChI is InChI=1S/C7H9N3O3/c8-4(7(9)13)3-10-5(11)1-2-6(10)12/h1-2,4H,3,8H2,(H2,9,13). The maximum Gasteiger partial charge on any atom is 0.253 e. The zero-order valence-electron chi connectivity index (χ0n) is 6.77. The number of amides is 3. The maximum absolute atomic E-state index is 11.0. The molecule has 0 bridgehead atoms. The van der Waals surface area contributed by atoms with E-state index in [2.05, 4.69) is 0 Å². The van der Waals surface area contributed by atoms with Gasteiger partial charge in [0, 0.05) is 12.2 Å². The summed E-state index contributed by atoms with van der Waals surface area (Å²) in [4.78, 5) is 33.3. The van der Waals surface area contributed by atoms with E-state index in [0.29, 0.717) is 0 Å². The minimum absolute atomic E-state index is 0.167. The molecule has 1 aliphatic heterocycles. The van der Waals surface area contributed by atoms with Gasteiger partial charge in [-0.2, -0.15) is 0 Å². The quantitative estimate of drug-likeness (QED) is 0.481. The van der Waals surface area contributed by atoms with Crippen LogP contribution < -0.4 is 11.5 Å². The first-order chi connectivity index (χ1) is 6.02. The fourth-order valence-corrected chi connectivity index (χ4v) is 0.898. The van der Waals surface area contributed by atoms with E-state index in [1.165, 1.54) is 0 Å². The Balaban J connectivity index is 2.60. The van der Waals surface area contributed by atoms with Gasteiger partial charge in [0.05, 0.1) is 6.54 Å². The lowest BCUT2D eigenvalue weighted by Gasteiger charge is -2.16. The molecule has 0 spiro atoms. The Morgan fingerprint density at radius 3 is 2.23 bits per heavy atom. The molecule has 0 saturated carbocycles. The van der Waals surface area contributed by atoms with Crippen molar-refractivity contribution in [3.63, 3.8) is 0 Å². The molecule has 0 aromatic heterocycles. The summed E-state index contributed by atoms with van der Waals surface area (Å²) in [5.74, 6) is -1.68. The minimum Gasteiger partial charge on any atom is -0.368 e. The molecule has 6 heteroatoms. The van der Waals surface area contributed by atoms with Crippen LogP contribution in [0.4, 0.5) is 0 Å². The molecule has 0 fully saturated rings. The van der Waals surface area contributed by atoms with Gasteiger partial charge in [0.15, 0.2) is 0 Å². The van der Waals surface area contributed by atoms with Crippen LogP contribution in [0, 0.1) is 0 Å². The maximum atomic E-state index is 11.0. The highest BCUT2D eigenvalue weighted by Gasteiger charge is 2.26. The van der Waals surface area contributed by atoms with Crippen molar-refractivity contribution in [2.24, 2.45) is 11.5 Å². The first-order valence-electron chi connectivity index (χ1n) is 3.61. The highest BCUT2D eigenvalue weighted by atomic mass is 16.2. The zero-order chi connectivity index (χ0) is 10.0. The smallest absolute Gasteiger partial charge is 0.253 e. The Bertz CT molecular complexity index is 279. The van der Waals surface area contributed by atoms with Crippen LogP contribution in [-0.2, 0) is 14.4 Å². The monoisotopic (exact) mass is 183 g/mol. The van der Waals surface area contributed by atoms with Crippen molar-refractivity contribution in [3.05, 3.63) is 12.2 Å². The van der Waals surface area contributed by atoms with Crippen LogP contribution in [-0.4, -0.2) is 35.2 Å². The molecule has 0 radical (unpaired) electrons. The van der Waals surface area contributed by atoms with Crippen LogP contribution in [0.15, 0.2) is 12.2 Å². The second-order valence-electron chi connectivity index (χ2n) is 2.63. The minimum atomic E-state index is -1.01. The molecule has 1 aliphatic rings. The molecule has 1 rings (SSSR count). The van der Waals surface area contributed by atoms with E-state index in [0.717, 1.165) is 17.1 Å². The normalized spacial score (nSPS) is 18.1. The van der Waals surface area contributed by atoms with E-state index < -0.39 is 23.8 Å². The number of hydrogen-bond acceptors (Lipinski definition) is 4. The number of primary amides is 1. The molecule has 0 aromatic carbocycles. The summed E-state index contributed by atoms with van der Waals surface area (Å²) in [7, 11) is 0. The van der Waals surface area contributed by atoms with Gasteiger partial charge in [-0.15, -0.1) is 0 Å². The summed E-state index contributed by atoms with van der Waals surface area (Å²) >= 11 is 0. The molecular weight excluding hydrogens is 174 g/mol. The molecule has 1 unspecified atom stereocenters. The highest BCUT2D eigenvalue weighted by molar-refractivity contribution is 6.13. The van der Waals surface area contributed by atoms with E-state index in [1.54, 1.807) is 0 Å². The van der Waals surface area contributed by atoms with Gasteiger partial charge in [0.1, 0.15) is 6.04 Å². The third kappa shape index (κ3) is 1.91. The Kier molecular flexibility index (Phi) is 2.43. The zero-order valence-corrected chi connectivity index (χ0v) is 6.77. The molecule has 6 nitrogen and oxygen atoms in total. The van der Waals surface area contributed by atoms with Crippen molar-refractivity contribution in [2.45, 2.75) is 6.04 Å². The van der Waals surface area contributed by atoms with Crippen molar-refractivity contribution < 1.29 is 14.4 Å². The fourth-order valence-electron chi connectivity index (χ4n) is 0.898. The summed E-state index contributed by atoms with van der Waals surface area (Å²) in [6, 6.07) is -1.01. The molecule has 0 aromatic rings. The molecule has 70 valence electrons.